The molecular formula is C17H17ClFNO3. The molecule has 4 atom stereocenters. The molecule has 1 aromatic heterocycles. The van der Waals surface area contributed by atoms with Crippen molar-refractivity contribution in [3.8, 4) is 0 Å². The molecule has 4 nitrogen and oxygen atoms in total. The van der Waals surface area contributed by atoms with Crippen LogP contribution in [0.15, 0.2) is 41.0 Å². The number of nitrogens with one attached hydrogen (secondary N) is 1. The molecule has 0 unspecified atom stereocenters. The molecule has 6 heteroatoms. The summed E-state index contributed by atoms with van der Waals surface area (Å²) in [6.45, 7) is 1.62. The maximum absolute atomic E-state index is 13.8. The number of hydrogen-bond donors (Lipinski definition) is 2. The molecule has 23 heavy (non-hydrogen) atoms. The minimum Gasteiger partial charge on any atom is -0.469 e. The molecule has 0 bridgehead atoms. The Balaban J connectivity index is 1.63. The Morgan fingerprint density at radius 1 is 1.43 bits per heavy atom. The third-order valence-electron chi connectivity index (χ3n) is 4.17. The molecule has 122 valence electrons. The van der Waals surface area contributed by atoms with Crippen molar-refractivity contribution in [3.63, 3.8) is 0 Å². The van der Waals surface area contributed by atoms with Crippen LogP contribution in [0, 0.1) is 11.7 Å². The van der Waals surface area contributed by atoms with Crippen molar-refractivity contribution in [3.05, 3.63) is 58.8 Å². The first-order chi connectivity index (χ1) is 11.0. The van der Waals surface area contributed by atoms with Crippen LogP contribution in [0.5, 0.6) is 0 Å². The van der Waals surface area contributed by atoms with Gasteiger partial charge < -0.3 is 14.8 Å². The van der Waals surface area contributed by atoms with Gasteiger partial charge in [-0.2, -0.15) is 0 Å². The van der Waals surface area contributed by atoms with Gasteiger partial charge in [-0.1, -0.05) is 17.7 Å². The van der Waals surface area contributed by atoms with E-state index in [1.165, 1.54) is 18.2 Å². The molecule has 1 aliphatic carbocycles. The zero-order chi connectivity index (χ0) is 16.6. The number of furan rings is 1. The van der Waals surface area contributed by atoms with E-state index in [2.05, 4.69) is 5.32 Å². The Labute approximate surface area is 138 Å². The van der Waals surface area contributed by atoms with E-state index in [0.717, 1.165) is 5.76 Å². The summed E-state index contributed by atoms with van der Waals surface area (Å²) < 4.78 is 19.1. The van der Waals surface area contributed by atoms with Crippen LogP contribution in [0.1, 0.15) is 36.7 Å². The molecule has 2 N–H and O–H groups in total. The summed E-state index contributed by atoms with van der Waals surface area (Å²) >= 11 is 5.95. The van der Waals surface area contributed by atoms with Gasteiger partial charge in [-0.05, 0) is 37.6 Å². The number of hydrogen-bond acceptors (Lipinski definition) is 3. The molecule has 1 saturated carbocycles. The van der Waals surface area contributed by atoms with Crippen LogP contribution in [0.4, 0.5) is 4.39 Å². The smallest absolute Gasteiger partial charge is 0.224 e. The molecule has 1 aromatic carbocycles. The Hall–Kier alpha value is -1.85. The summed E-state index contributed by atoms with van der Waals surface area (Å²) in [5.41, 5.74) is 0.000322. The molecule has 1 amide bonds. The lowest BCUT2D eigenvalue weighted by Crippen LogP contribution is -2.38. The van der Waals surface area contributed by atoms with Gasteiger partial charge in [-0.3, -0.25) is 4.79 Å². The maximum Gasteiger partial charge on any atom is 0.224 e. The molecule has 0 aliphatic heterocycles. The fourth-order valence-electron chi connectivity index (χ4n) is 2.76. The number of aliphatic hydroxyl groups excluding tert-OH is 1. The van der Waals surface area contributed by atoms with Gasteiger partial charge in [-0.25, -0.2) is 4.39 Å². The summed E-state index contributed by atoms with van der Waals surface area (Å²) in [6.07, 6.45) is 1.08. The van der Waals surface area contributed by atoms with Gasteiger partial charge in [0, 0.05) is 22.4 Å². The SMILES string of the molecule is C[C@H](NC(=O)[C@@H]1C[C@H]1c1ccco1)[C@@H](O)c1c(F)cccc1Cl. The Morgan fingerprint density at radius 2 is 2.22 bits per heavy atom. The summed E-state index contributed by atoms with van der Waals surface area (Å²) in [6, 6.07) is 7.17. The van der Waals surface area contributed by atoms with Crippen molar-refractivity contribution >= 4 is 17.5 Å². The largest absolute Gasteiger partial charge is 0.469 e. The lowest BCUT2D eigenvalue weighted by atomic mass is 10.0. The molecule has 0 saturated heterocycles. The highest BCUT2D eigenvalue weighted by Gasteiger charge is 2.46. The second-order valence-corrected chi connectivity index (χ2v) is 6.25. The quantitative estimate of drug-likeness (QED) is 0.878. The molecule has 1 aliphatic rings. The molecule has 2 aromatic rings. The summed E-state index contributed by atoms with van der Waals surface area (Å²) in [7, 11) is 0. The second-order valence-electron chi connectivity index (χ2n) is 5.84. The van der Waals surface area contributed by atoms with Gasteiger partial charge in [0.05, 0.1) is 12.3 Å². The lowest BCUT2D eigenvalue weighted by Gasteiger charge is -2.22. The topological polar surface area (TPSA) is 62.5 Å². The maximum atomic E-state index is 13.8. The average molecular weight is 338 g/mol. The number of rotatable bonds is 5. The number of amides is 1. The number of aliphatic hydroxyl groups is 1. The van der Waals surface area contributed by atoms with Crippen molar-refractivity contribution in [2.75, 3.05) is 0 Å². The Bertz CT molecular complexity index is 684. The first-order valence-corrected chi connectivity index (χ1v) is 7.82. The number of benzene rings is 1. The Kier molecular flexibility index (Phi) is 4.41. The standard InChI is InChI=1S/C17H17ClFNO3/c1-9(16(21)15-12(18)4-2-5-13(15)19)20-17(22)11-8-10(11)14-6-3-7-23-14/h2-7,9-11,16,21H,8H2,1H3,(H,20,22)/t9-,10+,11+,16+/m0/s1. The highest BCUT2D eigenvalue weighted by Crippen LogP contribution is 2.47. The zero-order valence-electron chi connectivity index (χ0n) is 12.5. The van der Waals surface area contributed by atoms with Crippen LogP contribution in [0.3, 0.4) is 0 Å². The van der Waals surface area contributed by atoms with Crippen LogP contribution in [0.2, 0.25) is 5.02 Å². The van der Waals surface area contributed by atoms with Gasteiger partial charge >= 0.3 is 0 Å². The predicted molar refractivity (Wildman–Crippen MR) is 83.5 cm³/mol. The van der Waals surface area contributed by atoms with Crippen molar-refractivity contribution in [1.29, 1.82) is 0 Å². The number of carbonyl (C=O) groups is 1. The summed E-state index contributed by atoms with van der Waals surface area (Å²) in [5.74, 6) is -0.0785. The monoisotopic (exact) mass is 337 g/mol. The van der Waals surface area contributed by atoms with Crippen molar-refractivity contribution in [2.45, 2.75) is 31.4 Å². The third-order valence-corrected chi connectivity index (χ3v) is 4.50. The first kappa shape index (κ1) is 16.0. The molecule has 1 fully saturated rings. The third kappa shape index (κ3) is 3.26. The second kappa shape index (κ2) is 6.34. The van der Waals surface area contributed by atoms with Gasteiger partial charge in [0.25, 0.3) is 0 Å². The Morgan fingerprint density at radius 3 is 2.87 bits per heavy atom. The fourth-order valence-corrected chi connectivity index (χ4v) is 3.03. The molecular weight excluding hydrogens is 321 g/mol. The van der Waals surface area contributed by atoms with E-state index in [-0.39, 0.29) is 28.3 Å². The van der Waals surface area contributed by atoms with E-state index < -0.39 is 18.0 Å². The zero-order valence-corrected chi connectivity index (χ0v) is 13.3. The predicted octanol–water partition coefficient (Wildman–Crippen LogP) is 3.41. The van der Waals surface area contributed by atoms with E-state index in [9.17, 15) is 14.3 Å². The molecule has 1 heterocycles. The van der Waals surface area contributed by atoms with Crippen molar-refractivity contribution in [2.24, 2.45) is 5.92 Å². The van der Waals surface area contributed by atoms with Crippen molar-refractivity contribution < 1.29 is 18.7 Å². The van der Waals surface area contributed by atoms with E-state index in [0.29, 0.717) is 6.42 Å². The van der Waals surface area contributed by atoms with E-state index in [4.69, 9.17) is 16.0 Å². The van der Waals surface area contributed by atoms with Crippen LogP contribution in [0.25, 0.3) is 0 Å². The van der Waals surface area contributed by atoms with Crippen LogP contribution in [-0.4, -0.2) is 17.1 Å². The van der Waals surface area contributed by atoms with E-state index in [1.54, 1.807) is 19.3 Å². The minimum absolute atomic E-state index is 0.000322. The number of carbonyl (C=O) groups excluding carboxylic acids is 1. The first-order valence-electron chi connectivity index (χ1n) is 7.44. The highest BCUT2D eigenvalue weighted by atomic mass is 35.5. The number of halogens is 2. The fraction of sp³-hybridized carbons (Fsp3) is 0.353. The molecule has 0 radical (unpaired) electrons. The van der Waals surface area contributed by atoms with Crippen LogP contribution in [-0.2, 0) is 4.79 Å². The van der Waals surface area contributed by atoms with Gasteiger partial charge in [0.1, 0.15) is 17.7 Å². The summed E-state index contributed by atoms with van der Waals surface area (Å²) in [4.78, 5) is 12.2. The van der Waals surface area contributed by atoms with Gasteiger partial charge in [0.2, 0.25) is 5.91 Å². The highest BCUT2D eigenvalue weighted by molar-refractivity contribution is 6.31. The van der Waals surface area contributed by atoms with E-state index in [1.807, 2.05) is 6.07 Å². The lowest BCUT2D eigenvalue weighted by molar-refractivity contribution is -0.123. The molecule has 3 rings (SSSR count). The van der Waals surface area contributed by atoms with Gasteiger partial charge in [-0.15, -0.1) is 0 Å². The summed E-state index contributed by atoms with van der Waals surface area (Å²) in [5, 5.41) is 13.2. The van der Waals surface area contributed by atoms with Gasteiger partial charge in [0.15, 0.2) is 0 Å². The normalized spacial score (nSPS) is 22.4. The van der Waals surface area contributed by atoms with Crippen LogP contribution < -0.4 is 5.32 Å². The molecule has 0 spiro atoms. The van der Waals surface area contributed by atoms with Crippen molar-refractivity contribution in [1.82, 2.24) is 5.32 Å². The van der Waals surface area contributed by atoms with Crippen LogP contribution >= 0.6 is 11.6 Å². The van der Waals surface area contributed by atoms with E-state index >= 15 is 0 Å². The minimum atomic E-state index is -1.21. The average Bonchev–Trinajstić information content (AvgIpc) is 3.13.